The molecule has 11 nitrogen and oxygen atoms in total. The summed E-state index contributed by atoms with van der Waals surface area (Å²) in [5.41, 5.74) is 0.649. The van der Waals surface area contributed by atoms with Crippen molar-refractivity contribution in [3.63, 3.8) is 0 Å². The van der Waals surface area contributed by atoms with Crippen LogP contribution < -0.4 is 19.4 Å². The molecule has 2 unspecified atom stereocenters. The lowest BCUT2D eigenvalue weighted by molar-refractivity contribution is -0.154. The molecule has 2 amide bonds. The lowest BCUT2D eigenvalue weighted by atomic mass is 10.1. The van der Waals surface area contributed by atoms with Crippen molar-refractivity contribution in [3.05, 3.63) is 36.2 Å². The van der Waals surface area contributed by atoms with Crippen LogP contribution in [0.5, 0.6) is 5.75 Å². The van der Waals surface area contributed by atoms with Gasteiger partial charge in [-0.15, -0.1) is 0 Å². The van der Waals surface area contributed by atoms with E-state index in [1.54, 1.807) is 50.2 Å². The van der Waals surface area contributed by atoms with Gasteiger partial charge in [-0.3, -0.25) is 14.0 Å². The fourth-order valence-corrected chi connectivity index (χ4v) is 4.22. The van der Waals surface area contributed by atoms with Crippen molar-refractivity contribution in [2.24, 2.45) is 5.92 Å². The largest absolute Gasteiger partial charge is 0.493 e. The van der Waals surface area contributed by atoms with E-state index in [0.29, 0.717) is 37.1 Å². The molecule has 2 aliphatic rings. The number of aromatic nitrogens is 2. The second-order valence-corrected chi connectivity index (χ2v) is 9.70. The van der Waals surface area contributed by atoms with Crippen LogP contribution in [0.3, 0.4) is 0 Å². The molecule has 0 aliphatic carbocycles. The molecule has 2 aromatic heterocycles. The van der Waals surface area contributed by atoms with E-state index in [0.717, 1.165) is 18.7 Å². The number of anilines is 3. The highest BCUT2D eigenvalue weighted by molar-refractivity contribution is 7.75. The van der Waals surface area contributed by atoms with Gasteiger partial charge in [0, 0.05) is 38.3 Å². The maximum absolute atomic E-state index is 13.6. The number of thiol groups is 1. The van der Waals surface area contributed by atoms with Crippen LogP contribution in [0.15, 0.2) is 30.5 Å². The smallest absolute Gasteiger partial charge is 0.354 e. The number of carboxylic acid groups (broad SMARTS) is 1. The van der Waals surface area contributed by atoms with Crippen LogP contribution in [-0.2, 0) is 8.92 Å². The third-order valence-corrected chi connectivity index (χ3v) is 6.63. The summed E-state index contributed by atoms with van der Waals surface area (Å²) in [4.78, 5) is 39.0. The number of hydrogen-bond donors (Lipinski definition) is 2. The summed E-state index contributed by atoms with van der Waals surface area (Å²) in [6, 6.07) is 6.16. The van der Waals surface area contributed by atoms with Gasteiger partial charge in [0.25, 0.3) is 0 Å². The SMILES string of the molecule is CC(COc1ccnc(N(C)C(=O)N2c3nc(C(=O)O)ccc3N3CCC2C3)c1)COC(C)(C)OS. The zero-order valence-corrected chi connectivity index (χ0v) is 21.6. The lowest BCUT2D eigenvalue weighted by Crippen LogP contribution is -2.51. The first-order valence-corrected chi connectivity index (χ1v) is 12.1. The first-order valence-electron chi connectivity index (χ1n) is 11.7. The van der Waals surface area contributed by atoms with Crippen LogP contribution in [-0.4, -0.2) is 72.3 Å². The molecule has 2 atom stereocenters. The van der Waals surface area contributed by atoms with Crippen molar-refractivity contribution in [1.29, 1.82) is 0 Å². The maximum atomic E-state index is 13.6. The molecule has 2 aliphatic heterocycles. The minimum Gasteiger partial charge on any atom is -0.493 e. The van der Waals surface area contributed by atoms with Gasteiger partial charge in [0.2, 0.25) is 0 Å². The van der Waals surface area contributed by atoms with Gasteiger partial charge in [0.1, 0.15) is 11.6 Å². The van der Waals surface area contributed by atoms with Gasteiger partial charge in [-0.2, -0.15) is 0 Å². The van der Waals surface area contributed by atoms with E-state index >= 15 is 0 Å². The van der Waals surface area contributed by atoms with Crippen LogP contribution >= 0.6 is 12.9 Å². The Morgan fingerprint density at radius 1 is 1.31 bits per heavy atom. The Morgan fingerprint density at radius 3 is 2.81 bits per heavy atom. The van der Waals surface area contributed by atoms with Gasteiger partial charge in [-0.1, -0.05) is 6.92 Å². The van der Waals surface area contributed by atoms with Crippen LogP contribution in [0.2, 0.25) is 0 Å². The number of pyridine rings is 2. The molecule has 1 N–H and O–H groups in total. The number of urea groups is 1. The number of rotatable bonds is 9. The number of hydrogen-bond acceptors (Lipinski definition) is 9. The topological polar surface area (TPSA) is 118 Å². The van der Waals surface area contributed by atoms with Gasteiger partial charge in [0.05, 0.1) is 24.9 Å². The molecule has 12 heteroatoms. The van der Waals surface area contributed by atoms with E-state index in [1.165, 1.54) is 11.0 Å². The van der Waals surface area contributed by atoms with E-state index in [-0.39, 0.29) is 23.7 Å². The van der Waals surface area contributed by atoms with Gasteiger partial charge in [-0.25, -0.2) is 19.6 Å². The Labute approximate surface area is 215 Å². The first-order chi connectivity index (χ1) is 17.1. The van der Waals surface area contributed by atoms with Crippen molar-refractivity contribution >= 4 is 42.2 Å². The van der Waals surface area contributed by atoms with E-state index in [4.69, 9.17) is 13.7 Å². The molecule has 1 fully saturated rings. The highest BCUT2D eigenvalue weighted by Gasteiger charge is 2.41. The molecular weight excluding hydrogens is 486 g/mol. The Bertz CT molecular complexity index is 1130. The molecule has 2 bridgehead atoms. The number of carboxylic acids is 1. The van der Waals surface area contributed by atoms with Crippen molar-refractivity contribution < 1.29 is 28.4 Å². The minimum atomic E-state index is -1.14. The predicted molar refractivity (Wildman–Crippen MR) is 137 cm³/mol. The van der Waals surface area contributed by atoms with Crippen LogP contribution in [0.4, 0.5) is 22.1 Å². The van der Waals surface area contributed by atoms with Crippen molar-refractivity contribution in [3.8, 4) is 5.75 Å². The summed E-state index contributed by atoms with van der Waals surface area (Å²) in [6.45, 7) is 7.80. The number of aromatic carboxylic acids is 1. The third-order valence-electron chi connectivity index (χ3n) is 6.19. The number of nitrogens with zero attached hydrogens (tertiary/aromatic N) is 5. The number of carbonyl (C=O) groups excluding carboxylic acids is 1. The van der Waals surface area contributed by atoms with Gasteiger partial charge in [0.15, 0.2) is 17.3 Å². The summed E-state index contributed by atoms with van der Waals surface area (Å²) in [7, 11) is 1.63. The summed E-state index contributed by atoms with van der Waals surface area (Å²) in [5, 5.41) is 9.42. The van der Waals surface area contributed by atoms with E-state index in [9.17, 15) is 14.7 Å². The molecule has 1 saturated heterocycles. The Balaban J connectivity index is 1.47. The number of amides is 2. The molecule has 0 radical (unpaired) electrons. The molecule has 4 heterocycles. The van der Waals surface area contributed by atoms with Gasteiger partial charge in [-0.05, 0) is 51.4 Å². The summed E-state index contributed by atoms with van der Waals surface area (Å²) < 4.78 is 16.6. The second-order valence-electron chi connectivity index (χ2n) is 9.51. The number of ether oxygens (including phenoxy) is 2. The molecular formula is C24H31N5O6S. The van der Waals surface area contributed by atoms with E-state index < -0.39 is 11.8 Å². The van der Waals surface area contributed by atoms with Crippen LogP contribution in [0, 0.1) is 5.92 Å². The molecule has 2 aromatic rings. The molecule has 0 saturated carbocycles. The van der Waals surface area contributed by atoms with E-state index in [1.807, 2.05) is 6.92 Å². The second kappa shape index (κ2) is 10.5. The molecule has 0 spiro atoms. The molecule has 36 heavy (non-hydrogen) atoms. The van der Waals surface area contributed by atoms with E-state index in [2.05, 4.69) is 27.8 Å². The number of carbonyl (C=O) groups is 2. The molecule has 194 valence electrons. The fourth-order valence-electron chi connectivity index (χ4n) is 4.16. The lowest BCUT2D eigenvalue weighted by Gasteiger charge is -2.37. The standard InChI is InChI=1S/C24H31N5O6S/c1-15(14-34-24(2,3)35-36)13-33-17-7-9-25-20(11-17)27(4)23(32)29-16-8-10-28(12-16)19-6-5-18(22(30)31)26-21(19)29/h5-7,9,11,15-16,36H,8,10,12-14H2,1-4H3,(H,30,31). The molecule has 4 rings (SSSR count). The highest BCUT2D eigenvalue weighted by Crippen LogP contribution is 2.39. The quantitative estimate of drug-likeness (QED) is 0.293. The van der Waals surface area contributed by atoms with Crippen LogP contribution in [0.25, 0.3) is 0 Å². The van der Waals surface area contributed by atoms with Crippen molar-refractivity contribution in [1.82, 2.24) is 9.97 Å². The zero-order valence-electron chi connectivity index (χ0n) is 20.7. The minimum absolute atomic E-state index is 0.0772. The Kier molecular flexibility index (Phi) is 7.57. The Morgan fingerprint density at radius 2 is 2.08 bits per heavy atom. The van der Waals surface area contributed by atoms with Crippen molar-refractivity contribution in [2.75, 3.05) is 48.1 Å². The number of fused-ring (bicyclic) bond motifs is 4. The maximum Gasteiger partial charge on any atom is 0.354 e. The first kappa shape index (κ1) is 26.0. The summed E-state index contributed by atoms with van der Waals surface area (Å²) >= 11 is 3.81. The fraction of sp³-hybridized carbons (Fsp3) is 0.500. The molecule has 0 aromatic carbocycles. The highest BCUT2D eigenvalue weighted by atomic mass is 32.1. The van der Waals surface area contributed by atoms with Crippen LogP contribution in [0.1, 0.15) is 37.7 Å². The van der Waals surface area contributed by atoms with Gasteiger partial charge >= 0.3 is 12.0 Å². The monoisotopic (exact) mass is 517 g/mol. The predicted octanol–water partition coefficient (Wildman–Crippen LogP) is 3.46. The van der Waals surface area contributed by atoms with Crippen molar-refractivity contribution in [2.45, 2.75) is 39.0 Å². The average Bonchev–Trinajstić information content (AvgIpc) is 3.29. The summed E-state index contributed by atoms with van der Waals surface area (Å²) in [5.74, 6) is -0.535. The Hall–Kier alpha value is -3.09. The zero-order chi connectivity index (χ0) is 26.0. The average molecular weight is 518 g/mol. The third kappa shape index (κ3) is 5.50. The summed E-state index contributed by atoms with van der Waals surface area (Å²) in [6.07, 6.45) is 2.35. The van der Waals surface area contributed by atoms with Gasteiger partial charge < -0.3 is 19.5 Å². The normalized spacial score (nSPS) is 17.5.